The number of likely N-dealkylation sites (N-methyl/N-ethyl adjacent to an activating group) is 1. The molecule has 31 heavy (non-hydrogen) atoms. The molecule has 0 saturated carbocycles. The van der Waals surface area contributed by atoms with Crippen LogP contribution in [-0.4, -0.2) is 62.0 Å². The average Bonchev–Trinajstić information content (AvgIpc) is 3.04. The topological polar surface area (TPSA) is 53.1 Å². The van der Waals surface area contributed by atoms with E-state index in [0.717, 1.165) is 31.5 Å². The molecule has 2 aromatic carbocycles. The number of hydrogen-bond acceptors (Lipinski definition) is 5. The van der Waals surface area contributed by atoms with Gasteiger partial charge in [0.2, 0.25) is 0 Å². The minimum atomic E-state index is -0.341. The van der Waals surface area contributed by atoms with Crippen LogP contribution >= 0.6 is 11.6 Å². The molecule has 0 atom stereocenters. The molecule has 2 heterocycles. The molecule has 0 spiro atoms. The first-order valence-corrected chi connectivity index (χ1v) is 10.7. The molecule has 2 amide bonds. The summed E-state index contributed by atoms with van der Waals surface area (Å²) in [6.07, 6.45) is 1.88. The molecule has 162 valence electrons. The van der Waals surface area contributed by atoms with Gasteiger partial charge in [-0.25, -0.2) is 4.90 Å². The average molecular weight is 440 g/mol. The van der Waals surface area contributed by atoms with Crippen molar-refractivity contribution >= 4 is 34.7 Å². The molecule has 7 heteroatoms. The third-order valence-electron chi connectivity index (χ3n) is 6.10. The van der Waals surface area contributed by atoms with Gasteiger partial charge in [-0.15, -0.1) is 0 Å². The number of anilines is 1. The Bertz CT molecular complexity index is 1030. The van der Waals surface area contributed by atoms with E-state index < -0.39 is 0 Å². The summed E-state index contributed by atoms with van der Waals surface area (Å²) in [4.78, 5) is 32.7. The Morgan fingerprint density at radius 1 is 1.03 bits per heavy atom. The van der Waals surface area contributed by atoms with Gasteiger partial charge in [0.1, 0.15) is 11.4 Å². The second-order valence-electron chi connectivity index (χ2n) is 8.00. The fourth-order valence-corrected chi connectivity index (χ4v) is 4.56. The number of methoxy groups -OCH3 is 1. The minimum Gasteiger partial charge on any atom is -0.495 e. The standard InChI is InChI=1S/C24H26ClN3O3/c1-26-13-11-17(12-14-26)27(2)22-21(16-7-5-4-6-8-16)23(29)28(24(22)30)18-9-10-20(31-3)19(25)15-18/h4-10,15,17H,11-14H2,1-3H3. The molecule has 0 aromatic heterocycles. The minimum absolute atomic E-state index is 0.195. The van der Waals surface area contributed by atoms with E-state index in [-0.39, 0.29) is 17.9 Å². The molecule has 1 fully saturated rings. The molecule has 0 aliphatic carbocycles. The lowest BCUT2D eigenvalue weighted by atomic mass is 10.0. The molecular weight excluding hydrogens is 414 g/mol. The molecular formula is C24H26ClN3O3. The Balaban J connectivity index is 1.77. The van der Waals surface area contributed by atoms with Crippen LogP contribution < -0.4 is 9.64 Å². The lowest BCUT2D eigenvalue weighted by Crippen LogP contribution is -2.43. The number of rotatable bonds is 5. The van der Waals surface area contributed by atoms with Crippen LogP contribution in [0.5, 0.6) is 5.75 Å². The van der Waals surface area contributed by atoms with Gasteiger partial charge in [0, 0.05) is 13.1 Å². The zero-order valence-corrected chi connectivity index (χ0v) is 18.7. The fourth-order valence-electron chi connectivity index (χ4n) is 4.30. The van der Waals surface area contributed by atoms with E-state index in [4.69, 9.17) is 16.3 Å². The van der Waals surface area contributed by atoms with E-state index in [1.54, 1.807) is 18.2 Å². The summed E-state index contributed by atoms with van der Waals surface area (Å²) in [5.74, 6) is -0.178. The van der Waals surface area contributed by atoms with Crippen molar-refractivity contribution in [2.24, 2.45) is 0 Å². The summed E-state index contributed by atoms with van der Waals surface area (Å²) in [7, 11) is 5.55. The SMILES string of the molecule is COc1ccc(N2C(=O)C(c3ccccc3)=C(N(C)C3CCN(C)CC3)C2=O)cc1Cl. The van der Waals surface area contributed by atoms with Crippen molar-refractivity contribution in [1.29, 1.82) is 0 Å². The van der Waals surface area contributed by atoms with Crippen LogP contribution in [-0.2, 0) is 9.59 Å². The summed E-state index contributed by atoms with van der Waals surface area (Å²) in [5, 5.41) is 0.346. The molecule has 2 aromatic rings. The van der Waals surface area contributed by atoms with Crippen molar-refractivity contribution in [3.8, 4) is 5.75 Å². The second-order valence-corrected chi connectivity index (χ2v) is 8.41. The van der Waals surface area contributed by atoms with Crippen LogP contribution in [0.2, 0.25) is 5.02 Å². The summed E-state index contributed by atoms with van der Waals surface area (Å²) in [6.45, 7) is 1.92. The molecule has 0 radical (unpaired) electrons. The number of amides is 2. The summed E-state index contributed by atoms with van der Waals surface area (Å²) in [6, 6.07) is 14.5. The van der Waals surface area contributed by atoms with Gasteiger partial charge in [-0.05, 0) is 56.7 Å². The molecule has 4 rings (SSSR count). The van der Waals surface area contributed by atoms with Crippen molar-refractivity contribution in [2.45, 2.75) is 18.9 Å². The highest BCUT2D eigenvalue weighted by Crippen LogP contribution is 2.38. The van der Waals surface area contributed by atoms with Gasteiger partial charge in [-0.1, -0.05) is 41.9 Å². The molecule has 0 unspecified atom stereocenters. The third kappa shape index (κ3) is 3.93. The number of ether oxygens (including phenoxy) is 1. The molecule has 0 bridgehead atoms. The molecule has 0 N–H and O–H groups in total. The maximum Gasteiger partial charge on any atom is 0.282 e. The lowest BCUT2D eigenvalue weighted by molar-refractivity contribution is -0.120. The predicted molar refractivity (Wildman–Crippen MR) is 122 cm³/mol. The number of piperidine rings is 1. The normalized spacial score (nSPS) is 18.1. The van der Waals surface area contributed by atoms with E-state index in [2.05, 4.69) is 11.9 Å². The van der Waals surface area contributed by atoms with Crippen molar-refractivity contribution in [3.63, 3.8) is 0 Å². The fraction of sp³-hybridized carbons (Fsp3) is 0.333. The van der Waals surface area contributed by atoms with E-state index in [9.17, 15) is 9.59 Å². The highest BCUT2D eigenvalue weighted by Gasteiger charge is 2.43. The number of carbonyl (C=O) groups is 2. The van der Waals surface area contributed by atoms with Gasteiger partial charge in [-0.2, -0.15) is 0 Å². The van der Waals surface area contributed by atoms with E-state index >= 15 is 0 Å². The van der Waals surface area contributed by atoms with Crippen LogP contribution in [0.1, 0.15) is 18.4 Å². The Hall–Kier alpha value is -2.83. The number of halogens is 1. The van der Waals surface area contributed by atoms with Gasteiger partial charge < -0.3 is 14.5 Å². The Kier molecular flexibility index (Phi) is 6.03. The van der Waals surface area contributed by atoms with Crippen molar-refractivity contribution in [3.05, 3.63) is 64.8 Å². The predicted octanol–water partition coefficient (Wildman–Crippen LogP) is 3.66. The van der Waals surface area contributed by atoms with Crippen molar-refractivity contribution in [1.82, 2.24) is 9.80 Å². The van der Waals surface area contributed by atoms with Crippen molar-refractivity contribution < 1.29 is 14.3 Å². The summed E-state index contributed by atoms with van der Waals surface area (Å²) < 4.78 is 5.21. The number of imide groups is 1. The molecule has 1 saturated heterocycles. The second kappa shape index (κ2) is 8.73. The van der Waals surface area contributed by atoms with Crippen LogP contribution in [0.4, 0.5) is 5.69 Å². The number of nitrogens with zero attached hydrogens (tertiary/aromatic N) is 3. The first-order valence-electron chi connectivity index (χ1n) is 10.4. The van der Waals surface area contributed by atoms with Crippen LogP contribution in [0.25, 0.3) is 5.57 Å². The van der Waals surface area contributed by atoms with Crippen molar-refractivity contribution in [2.75, 3.05) is 39.2 Å². The summed E-state index contributed by atoms with van der Waals surface area (Å²) in [5.41, 5.74) is 2.04. The number of benzene rings is 2. The Morgan fingerprint density at radius 3 is 2.32 bits per heavy atom. The summed E-state index contributed by atoms with van der Waals surface area (Å²) >= 11 is 6.29. The lowest BCUT2D eigenvalue weighted by Gasteiger charge is -2.36. The van der Waals surface area contributed by atoms with Crippen LogP contribution in [0.3, 0.4) is 0 Å². The number of carbonyl (C=O) groups excluding carboxylic acids is 2. The first kappa shape index (κ1) is 21.4. The van der Waals surface area contributed by atoms with Gasteiger partial charge in [-0.3, -0.25) is 9.59 Å². The molecule has 6 nitrogen and oxygen atoms in total. The quantitative estimate of drug-likeness (QED) is 0.665. The van der Waals surface area contributed by atoms with Gasteiger partial charge in [0.25, 0.3) is 11.8 Å². The zero-order chi connectivity index (χ0) is 22.1. The first-order chi connectivity index (χ1) is 14.9. The third-order valence-corrected chi connectivity index (χ3v) is 6.40. The van der Waals surface area contributed by atoms with Gasteiger partial charge in [0.05, 0.1) is 23.4 Å². The Morgan fingerprint density at radius 2 is 1.71 bits per heavy atom. The zero-order valence-electron chi connectivity index (χ0n) is 18.0. The maximum atomic E-state index is 13.6. The highest BCUT2D eigenvalue weighted by atomic mass is 35.5. The number of hydrogen-bond donors (Lipinski definition) is 0. The van der Waals surface area contributed by atoms with E-state index in [1.807, 2.05) is 42.3 Å². The van der Waals surface area contributed by atoms with Crippen LogP contribution in [0.15, 0.2) is 54.2 Å². The maximum absolute atomic E-state index is 13.6. The van der Waals surface area contributed by atoms with Gasteiger partial charge in [0.15, 0.2) is 0 Å². The smallest absolute Gasteiger partial charge is 0.282 e. The largest absolute Gasteiger partial charge is 0.495 e. The van der Waals surface area contributed by atoms with Crippen LogP contribution in [0, 0.1) is 0 Å². The number of likely N-dealkylation sites (tertiary alicyclic amines) is 1. The van der Waals surface area contributed by atoms with E-state index in [0.29, 0.717) is 27.7 Å². The monoisotopic (exact) mass is 439 g/mol. The van der Waals surface area contributed by atoms with E-state index in [1.165, 1.54) is 12.0 Å². The Labute approximate surface area is 187 Å². The van der Waals surface area contributed by atoms with Gasteiger partial charge >= 0.3 is 0 Å². The highest BCUT2D eigenvalue weighted by molar-refractivity contribution is 6.45. The molecule has 2 aliphatic heterocycles. The molecule has 2 aliphatic rings.